The van der Waals surface area contributed by atoms with E-state index in [0.717, 1.165) is 6.42 Å². The van der Waals surface area contributed by atoms with Crippen LogP contribution in [-0.2, 0) is 18.4 Å². The van der Waals surface area contributed by atoms with Gasteiger partial charge in [0.1, 0.15) is 5.66 Å². The van der Waals surface area contributed by atoms with Crippen LogP contribution in [-0.4, -0.2) is 24.7 Å². The van der Waals surface area contributed by atoms with E-state index in [1.807, 2.05) is 13.0 Å². The average Bonchev–Trinajstić information content (AvgIpc) is 2.17. The van der Waals surface area contributed by atoms with Gasteiger partial charge in [-0.1, -0.05) is 13.0 Å². The van der Waals surface area contributed by atoms with E-state index in [9.17, 15) is 9.36 Å². The van der Waals surface area contributed by atoms with Crippen molar-refractivity contribution in [3.63, 3.8) is 0 Å². The summed E-state index contributed by atoms with van der Waals surface area (Å²) >= 11 is 0. The third-order valence-electron chi connectivity index (χ3n) is 2.58. The first kappa shape index (κ1) is 13.6. The van der Waals surface area contributed by atoms with Crippen molar-refractivity contribution >= 4 is 13.4 Å². The zero-order valence-electron chi connectivity index (χ0n) is 10.0. The van der Waals surface area contributed by atoms with Crippen LogP contribution in [0.4, 0.5) is 0 Å². The van der Waals surface area contributed by atoms with Gasteiger partial charge in [0.15, 0.2) is 5.78 Å². The molecule has 2 unspecified atom stereocenters. The highest BCUT2D eigenvalue weighted by molar-refractivity contribution is 7.55. The van der Waals surface area contributed by atoms with Gasteiger partial charge in [0.05, 0.1) is 13.2 Å². The second-order valence-electron chi connectivity index (χ2n) is 3.84. The van der Waals surface area contributed by atoms with Gasteiger partial charge < -0.3 is 9.05 Å². The molecule has 0 amide bonds. The van der Waals surface area contributed by atoms with E-state index in [2.05, 4.69) is 0 Å². The molecular formula is C11H19O4P. The first-order chi connectivity index (χ1) is 7.55. The van der Waals surface area contributed by atoms with E-state index in [4.69, 9.17) is 9.05 Å². The summed E-state index contributed by atoms with van der Waals surface area (Å²) in [5.74, 6) is -0.148. The molecule has 92 valence electrons. The monoisotopic (exact) mass is 246 g/mol. The molecule has 0 radical (unpaired) electrons. The van der Waals surface area contributed by atoms with Crippen LogP contribution in [0.1, 0.15) is 27.2 Å². The summed E-state index contributed by atoms with van der Waals surface area (Å²) in [7, 11) is -3.31. The highest BCUT2D eigenvalue weighted by Crippen LogP contribution is 2.57. The molecule has 0 bridgehead atoms. The maximum absolute atomic E-state index is 12.5. The Bertz CT molecular complexity index is 314. The molecule has 2 atom stereocenters. The Hall–Kier alpha value is -0.440. The van der Waals surface area contributed by atoms with E-state index < -0.39 is 13.3 Å². The van der Waals surface area contributed by atoms with E-state index in [0.29, 0.717) is 0 Å². The van der Waals surface area contributed by atoms with Crippen molar-refractivity contribution in [3.05, 3.63) is 12.2 Å². The third-order valence-corrected chi connectivity index (χ3v) is 5.26. The van der Waals surface area contributed by atoms with Crippen molar-refractivity contribution in [1.82, 2.24) is 0 Å². The SMILES string of the molecule is CCOP(=O)(OCC)C1C(=O)C=CCC1C. The lowest BCUT2D eigenvalue weighted by Gasteiger charge is -2.30. The quantitative estimate of drug-likeness (QED) is 0.700. The lowest BCUT2D eigenvalue weighted by atomic mass is 9.95. The Morgan fingerprint density at radius 3 is 2.38 bits per heavy atom. The molecule has 0 aromatic rings. The summed E-state index contributed by atoms with van der Waals surface area (Å²) in [6.45, 7) is 5.98. The Kier molecular flexibility index (Phi) is 4.90. The zero-order chi connectivity index (χ0) is 12.2. The molecule has 0 aromatic carbocycles. The minimum Gasteiger partial charge on any atom is -0.308 e. The minimum absolute atomic E-state index is 0.00133. The molecule has 0 heterocycles. The lowest BCUT2D eigenvalue weighted by molar-refractivity contribution is -0.115. The number of carbonyl (C=O) groups excluding carboxylic acids is 1. The van der Waals surface area contributed by atoms with E-state index in [1.165, 1.54) is 6.08 Å². The standard InChI is InChI=1S/C11H19O4P/c1-4-14-16(13,15-5-2)11-9(3)7-6-8-10(11)12/h6,8-9,11H,4-5,7H2,1-3H3. The van der Waals surface area contributed by atoms with Crippen LogP contribution in [0, 0.1) is 5.92 Å². The Labute approximate surface area is 96.5 Å². The van der Waals surface area contributed by atoms with E-state index in [1.54, 1.807) is 13.8 Å². The number of ketones is 1. The molecule has 0 saturated carbocycles. The zero-order valence-corrected chi connectivity index (χ0v) is 10.9. The molecular weight excluding hydrogens is 227 g/mol. The largest absolute Gasteiger partial charge is 0.341 e. The van der Waals surface area contributed by atoms with Gasteiger partial charge in [-0.15, -0.1) is 0 Å². The molecule has 0 saturated heterocycles. The minimum atomic E-state index is -3.31. The van der Waals surface area contributed by atoms with Crippen molar-refractivity contribution in [3.8, 4) is 0 Å². The van der Waals surface area contributed by atoms with Crippen LogP contribution in [0.5, 0.6) is 0 Å². The molecule has 0 spiro atoms. The fourth-order valence-corrected chi connectivity index (χ4v) is 4.19. The highest BCUT2D eigenvalue weighted by Gasteiger charge is 2.44. The number of rotatable bonds is 5. The first-order valence-electron chi connectivity index (χ1n) is 5.64. The summed E-state index contributed by atoms with van der Waals surface area (Å²) < 4.78 is 22.9. The highest BCUT2D eigenvalue weighted by atomic mass is 31.2. The Morgan fingerprint density at radius 2 is 1.94 bits per heavy atom. The normalized spacial score (nSPS) is 26.1. The van der Waals surface area contributed by atoms with Crippen LogP contribution in [0.2, 0.25) is 0 Å². The van der Waals surface area contributed by atoms with Gasteiger partial charge in [-0.05, 0) is 32.3 Å². The van der Waals surface area contributed by atoms with Crippen LogP contribution < -0.4 is 0 Å². The smallest absolute Gasteiger partial charge is 0.308 e. The molecule has 1 aliphatic carbocycles. The number of allylic oxidation sites excluding steroid dienone is 2. The Balaban J connectivity index is 2.96. The number of carbonyl (C=O) groups is 1. The van der Waals surface area contributed by atoms with Gasteiger partial charge in [-0.2, -0.15) is 0 Å². The summed E-state index contributed by atoms with van der Waals surface area (Å²) in [6, 6.07) is 0. The molecule has 0 aliphatic heterocycles. The van der Waals surface area contributed by atoms with Gasteiger partial charge in [0, 0.05) is 0 Å². The van der Waals surface area contributed by atoms with Gasteiger partial charge in [-0.3, -0.25) is 9.36 Å². The second-order valence-corrected chi connectivity index (χ2v) is 5.99. The van der Waals surface area contributed by atoms with Crippen LogP contribution in [0.25, 0.3) is 0 Å². The summed E-state index contributed by atoms with van der Waals surface area (Å²) in [4.78, 5) is 11.8. The van der Waals surface area contributed by atoms with Crippen molar-refractivity contribution in [2.75, 3.05) is 13.2 Å². The fraction of sp³-hybridized carbons (Fsp3) is 0.727. The molecule has 4 nitrogen and oxygen atoms in total. The fourth-order valence-electron chi connectivity index (χ4n) is 1.93. The molecule has 1 aliphatic rings. The van der Waals surface area contributed by atoms with Crippen LogP contribution >= 0.6 is 7.60 Å². The molecule has 0 fully saturated rings. The van der Waals surface area contributed by atoms with Gasteiger partial charge in [-0.25, -0.2) is 0 Å². The molecule has 5 heteroatoms. The van der Waals surface area contributed by atoms with Gasteiger partial charge in [0.2, 0.25) is 0 Å². The number of hydrogen-bond acceptors (Lipinski definition) is 4. The predicted octanol–water partition coefficient (Wildman–Crippen LogP) is 2.79. The third kappa shape index (κ3) is 2.82. The molecule has 1 rings (SSSR count). The molecule has 16 heavy (non-hydrogen) atoms. The van der Waals surface area contributed by atoms with Gasteiger partial charge in [0.25, 0.3) is 0 Å². The maximum atomic E-state index is 12.5. The first-order valence-corrected chi connectivity index (χ1v) is 7.25. The summed E-state index contributed by atoms with van der Waals surface area (Å²) in [5, 5.41) is 0. The predicted molar refractivity (Wildman–Crippen MR) is 62.6 cm³/mol. The second kappa shape index (κ2) is 5.76. The maximum Gasteiger partial charge on any atom is 0.341 e. The lowest BCUT2D eigenvalue weighted by Crippen LogP contribution is -2.31. The van der Waals surface area contributed by atoms with Crippen molar-refractivity contribution in [2.24, 2.45) is 5.92 Å². The van der Waals surface area contributed by atoms with Crippen molar-refractivity contribution in [2.45, 2.75) is 32.9 Å². The molecule has 0 N–H and O–H groups in total. The number of hydrogen-bond donors (Lipinski definition) is 0. The summed E-state index contributed by atoms with van der Waals surface area (Å²) in [5.41, 5.74) is -0.641. The van der Waals surface area contributed by atoms with Crippen molar-refractivity contribution in [1.29, 1.82) is 0 Å². The van der Waals surface area contributed by atoms with Gasteiger partial charge >= 0.3 is 7.60 Å². The average molecular weight is 246 g/mol. The van der Waals surface area contributed by atoms with Crippen molar-refractivity contribution < 1.29 is 18.4 Å². The van der Waals surface area contributed by atoms with E-state index in [-0.39, 0.29) is 24.9 Å². The summed E-state index contributed by atoms with van der Waals surface area (Å²) in [6.07, 6.45) is 4.03. The van der Waals surface area contributed by atoms with E-state index >= 15 is 0 Å². The topological polar surface area (TPSA) is 52.6 Å². The van der Waals surface area contributed by atoms with Crippen LogP contribution in [0.15, 0.2) is 12.2 Å². The molecule has 0 aromatic heterocycles. The Morgan fingerprint density at radius 1 is 1.38 bits per heavy atom. The van der Waals surface area contributed by atoms with Crippen LogP contribution in [0.3, 0.4) is 0 Å².